The number of aromatic nitrogens is 6. The predicted molar refractivity (Wildman–Crippen MR) is 107 cm³/mol. The van der Waals surface area contributed by atoms with E-state index in [0.717, 1.165) is 0 Å². The van der Waals surface area contributed by atoms with Gasteiger partial charge in [-0.1, -0.05) is 12.1 Å². The van der Waals surface area contributed by atoms with Crippen LogP contribution in [0.3, 0.4) is 0 Å². The van der Waals surface area contributed by atoms with Gasteiger partial charge in [0.25, 0.3) is 0 Å². The number of ether oxygens (including phenoxy) is 1. The Morgan fingerprint density at radius 3 is 2.94 bits per heavy atom. The summed E-state index contributed by atoms with van der Waals surface area (Å²) in [6.07, 6.45) is 4.82. The van der Waals surface area contributed by atoms with Gasteiger partial charge in [0.05, 0.1) is 25.0 Å². The summed E-state index contributed by atoms with van der Waals surface area (Å²) in [5, 5.41) is 0. The van der Waals surface area contributed by atoms with Crippen molar-refractivity contribution in [3.8, 4) is 17.3 Å². The van der Waals surface area contributed by atoms with E-state index in [0.29, 0.717) is 34.5 Å². The van der Waals surface area contributed by atoms with Gasteiger partial charge in [0.15, 0.2) is 23.0 Å². The Balaban J connectivity index is 1.56. The fraction of sp³-hybridized carbons (Fsp3) is 0.143. The van der Waals surface area contributed by atoms with Gasteiger partial charge in [-0.25, -0.2) is 28.5 Å². The van der Waals surface area contributed by atoms with E-state index in [2.05, 4.69) is 19.9 Å². The van der Waals surface area contributed by atoms with Gasteiger partial charge in [-0.05, 0) is 18.2 Å². The lowest BCUT2D eigenvalue weighted by molar-refractivity contribution is 0.244. The lowest BCUT2D eigenvalue weighted by Gasteiger charge is -2.26. The number of nitrogens with zero attached hydrogens (tertiary/aromatic N) is 5. The van der Waals surface area contributed by atoms with Gasteiger partial charge in [-0.3, -0.25) is 8.97 Å². The fourth-order valence-electron chi connectivity index (χ4n) is 4.09. The molecule has 8 nitrogen and oxygen atoms in total. The maximum Gasteiger partial charge on any atom is 0.328 e. The summed E-state index contributed by atoms with van der Waals surface area (Å²) in [4.78, 5) is 28.8. The van der Waals surface area contributed by atoms with Crippen LogP contribution in [0, 0.1) is 11.6 Å². The van der Waals surface area contributed by atoms with E-state index in [9.17, 15) is 13.6 Å². The van der Waals surface area contributed by atoms with Crippen molar-refractivity contribution in [2.45, 2.75) is 12.5 Å². The zero-order valence-corrected chi connectivity index (χ0v) is 15.9. The first-order valence-corrected chi connectivity index (χ1v) is 9.61. The molecule has 4 aromatic heterocycles. The lowest BCUT2D eigenvalue weighted by atomic mass is 10.00. The minimum absolute atomic E-state index is 0.145. The third-order valence-corrected chi connectivity index (χ3v) is 5.46. The Kier molecular flexibility index (Phi) is 3.70. The summed E-state index contributed by atoms with van der Waals surface area (Å²) in [5.74, 6) is -0.471. The van der Waals surface area contributed by atoms with E-state index in [1.54, 1.807) is 28.8 Å². The van der Waals surface area contributed by atoms with Crippen LogP contribution in [0.15, 0.2) is 53.7 Å². The Morgan fingerprint density at radius 1 is 1.13 bits per heavy atom. The number of nitrogens with one attached hydrogen (secondary N) is 1. The molecule has 0 spiro atoms. The summed E-state index contributed by atoms with van der Waals surface area (Å²) in [6.45, 7) is 0.266. The van der Waals surface area contributed by atoms with Crippen molar-refractivity contribution in [1.82, 2.24) is 28.9 Å². The average Bonchev–Trinajstić information content (AvgIpc) is 3.33. The number of para-hydroxylation sites is 1. The summed E-state index contributed by atoms with van der Waals surface area (Å²) < 4.78 is 36.5. The number of benzene rings is 1. The molecule has 154 valence electrons. The Bertz CT molecular complexity index is 1540. The third kappa shape index (κ3) is 2.64. The number of aromatic amines is 1. The normalized spacial score (nSPS) is 15.9. The van der Waals surface area contributed by atoms with Crippen molar-refractivity contribution >= 4 is 16.8 Å². The molecule has 0 saturated heterocycles. The highest BCUT2D eigenvalue weighted by Crippen LogP contribution is 2.37. The summed E-state index contributed by atoms with van der Waals surface area (Å²) in [7, 11) is 0. The molecule has 10 heteroatoms. The average molecular weight is 420 g/mol. The number of halogens is 2. The van der Waals surface area contributed by atoms with Crippen LogP contribution in [0.4, 0.5) is 8.78 Å². The van der Waals surface area contributed by atoms with E-state index >= 15 is 0 Å². The van der Waals surface area contributed by atoms with E-state index in [-0.39, 0.29) is 23.9 Å². The van der Waals surface area contributed by atoms with Gasteiger partial charge in [0.2, 0.25) is 0 Å². The van der Waals surface area contributed by atoms with Gasteiger partial charge in [0.1, 0.15) is 22.7 Å². The molecule has 1 atom stereocenters. The highest BCUT2D eigenvalue weighted by Gasteiger charge is 2.28. The lowest BCUT2D eigenvalue weighted by Crippen LogP contribution is -2.28. The first kappa shape index (κ1) is 17.8. The molecule has 0 saturated carbocycles. The summed E-state index contributed by atoms with van der Waals surface area (Å²) >= 11 is 0. The molecular weight excluding hydrogens is 406 g/mol. The number of imidazole rings is 2. The van der Waals surface area contributed by atoms with Crippen molar-refractivity contribution in [2.24, 2.45) is 0 Å². The highest BCUT2D eigenvalue weighted by molar-refractivity contribution is 5.73. The minimum Gasteiger partial charge on any atom is -0.490 e. The number of H-pyrrole nitrogens is 1. The van der Waals surface area contributed by atoms with Crippen molar-refractivity contribution in [3.05, 3.63) is 76.6 Å². The van der Waals surface area contributed by atoms with E-state index < -0.39 is 17.7 Å². The molecule has 1 N–H and O–H groups in total. The number of rotatable bonds is 2. The van der Waals surface area contributed by atoms with Crippen LogP contribution < -0.4 is 10.4 Å². The minimum atomic E-state index is -0.474. The van der Waals surface area contributed by atoms with Crippen molar-refractivity contribution in [2.75, 3.05) is 6.61 Å². The maximum atomic E-state index is 14.2. The number of fused-ring (bicyclic) bond motifs is 3. The van der Waals surface area contributed by atoms with Gasteiger partial charge < -0.3 is 9.72 Å². The smallest absolute Gasteiger partial charge is 0.328 e. The molecule has 6 rings (SSSR count). The Hall–Kier alpha value is -4.08. The van der Waals surface area contributed by atoms with Gasteiger partial charge >= 0.3 is 5.69 Å². The topological polar surface area (TPSA) is 90.1 Å². The van der Waals surface area contributed by atoms with Gasteiger partial charge in [-0.15, -0.1) is 0 Å². The highest BCUT2D eigenvalue weighted by atomic mass is 19.1. The standard InChI is InChI=1S/C21H14F2N6O2/c22-11-4-5-17-24-9-16(28(17)10-11)19-25-8-14-20(27-19)29(21(30)26-14)15-6-7-31-18-12(15)2-1-3-13(18)23/h1-5,8-10,15H,6-7H2,(H,26,30)/t15-/m0/s1. The van der Waals surface area contributed by atoms with Gasteiger partial charge in [0, 0.05) is 18.2 Å². The molecule has 31 heavy (non-hydrogen) atoms. The fourth-order valence-corrected chi connectivity index (χ4v) is 4.09. The molecule has 5 heterocycles. The molecule has 1 aliphatic heterocycles. The molecule has 1 aromatic carbocycles. The zero-order valence-electron chi connectivity index (χ0n) is 15.9. The number of hydrogen-bond donors (Lipinski definition) is 1. The molecule has 0 bridgehead atoms. The SMILES string of the molecule is O=c1[nH]c2cnc(-c3cnc4ccc(F)cn34)nc2n1[C@H]1CCOc2c(F)cccc21. The van der Waals surface area contributed by atoms with Gasteiger partial charge in [-0.2, -0.15) is 0 Å². The van der Waals surface area contributed by atoms with Crippen LogP contribution in [0.2, 0.25) is 0 Å². The summed E-state index contributed by atoms with van der Waals surface area (Å²) in [6, 6.07) is 7.07. The van der Waals surface area contributed by atoms with Crippen LogP contribution in [0.1, 0.15) is 18.0 Å². The molecule has 5 aromatic rings. The second kappa shape index (κ2) is 6.46. The van der Waals surface area contributed by atoms with Crippen LogP contribution >= 0.6 is 0 Å². The molecule has 0 aliphatic carbocycles. The van der Waals surface area contributed by atoms with Crippen molar-refractivity contribution < 1.29 is 13.5 Å². The Labute approximate surface area is 172 Å². The molecule has 0 fully saturated rings. The van der Waals surface area contributed by atoms with Crippen molar-refractivity contribution in [3.63, 3.8) is 0 Å². The van der Waals surface area contributed by atoms with Crippen LogP contribution in [-0.2, 0) is 0 Å². The van der Waals surface area contributed by atoms with Crippen LogP contribution in [-0.4, -0.2) is 35.5 Å². The predicted octanol–water partition coefficient (Wildman–Crippen LogP) is 3.08. The molecular formula is C21H14F2N6O2. The quantitative estimate of drug-likeness (QED) is 0.474. The van der Waals surface area contributed by atoms with E-state index in [1.807, 2.05) is 0 Å². The zero-order chi connectivity index (χ0) is 21.1. The number of hydrogen-bond acceptors (Lipinski definition) is 5. The largest absolute Gasteiger partial charge is 0.490 e. The molecule has 0 radical (unpaired) electrons. The van der Waals surface area contributed by atoms with Crippen molar-refractivity contribution in [1.29, 1.82) is 0 Å². The molecule has 0 amide bonds. The van der Waals surface area contributed by atoms with E-state index in [1.165, 1.54) is 29.1 Å². The van der Waals surface area contributed by atoms with Crippen LogP contribution in [0.5, 0.6) is 5.75 Å². The second-order valence-corrected chi connectivity index (χ2v) is 7.26. The first-order valence-electron chi connectivity index (χ1n) is 9.61. The van der Waals surface area contributed by atoms with E-state index in [4.69, 9.17) is 4.74 Å². The summed E-state index contributed by atoms with van der Waals surface area (Å²) in [5.41, 5.74) is 2.02. The third-order valence-electron chi connectivity index (χ3n) is 5.46. The van der Waals surface area contributed by atoms with Crippen LogP contribution in [0.25, 0.3) is 28.3 Å². The molecule has 1 aliphatic rings. The second-order valence-electron chi connectivity index (χ2n) is 7.26. The number of pyridine rings is 1. The maximum absolute atomic E-state index is 14.2. The first-order chi connectivity index (χ1) is 15.1. The Morgan fingerprint density at radius 2 is 2.03 bits per heavy atom. The monoisotopic (exact) mass is 420 g/mol. The molecule has 0 unspecified atom stereocenters.